The minimum absolute atomic E-state index is 0.645. The first-order valence-electron chi connectivity index (χ1n) is 7.71. The Bertz CT molecular complexity index is 388. The van der Waals surface area contributed by atoms with E-state index < -0.39 is 0 Å². The molecule has 0 unspecified atom stereocenters. The number of hydrogen-bond acceptors (Lipinski definition) is 6. The lowest BCUT2D eigenvalue weighted by Gasteiger charge is -2.14. The first-order valence-corrected chi connectivity index (χ1v) is 7.71. The summed E-state index contributed by atoms with van der Waals surface area (Å²) in [5.41, 5.74) is 1.17. The van der Waals surface area contributed by atoms with E-state index in [1.807, 2.05) is 0 Å². The largest absolute Gasteiger partial charge is 0.382 e. The van der Waals surface area contributed by atoms with E-state index in [0.29, 0.717) is 13.2 Å². The fraction of sp³-hybridized carbons (Fsp3) is 0.733. The molecule has 0 radical (unpaired) electrons. The summed E-state index contributed by atoms with van der Waals surface area (Å²) in [4.78, 5) is 8.69. The Balaban J connectivity index is 2.44. The minimum Gasteiger partial charge on any atom is -0.382 e. The molecular formula is C15H28N4O2. The van der Waals surface area contributed by atoms with Crippen LogP contribution in [0.1, 0.15) is 32.3 Å². The van der Waals surface area contributed by atoms with Gasteiger partial charge in [0, 0.05) is 32.4 Å². The quantitative estimate of drug-likeness (QED) is 0.577. The first kappa shape index (κ1) is 17.7. The van der Waals surface area contributed by atoms with Crippen molar-refractivity contribution in [2.45, 2.75) is 33.1 Å². The van der Waals surface area contributed by atoms with E-state index in [1.54, 1.807) is 13.4 Å². The van der Waals surface area contributed by atoms with Crippen molar-refractivity contribution in [3.63, 3.8) is 0 Å². The molecule has 0 amide bonds. The lowest BCUT2D eigenvalue weighted by atomic mass is 10.1. The van der Waals surface area contributed by atoms with E-state index in [0.717, 1.165) is 50.6 Å². The van der Waals surface area contributed by atoms with Gasteiger partial charge in [-0.15, -0.1) is 0 Å². The van der Waals surface area contributed by atoms with Crippen molar-refractivity contribution >= 4 is 11.6 Å². The van der Waals surface area contributed by atoms with Crippen molar-refractivity contribution in [2.75, 3.05) is 50.7 Å². The standard InChI is InChI=1S/C15H28N4O2/c1-4-7-13-14(16-5-2)18-12-19-15(13)17-8-6-9-21-11-10-20-3/h12H,4-11H2,1-3H3,(H2,16,17,18,19). The SMILES string of the molecule is CCCc1c(NCC)ncnc1NCCCOCCOC. The smallest absolute Gasteiger partial charge is 0.134 e. The minimum atomic E-state index is 0.645. The summed E-state index contributed by atoms with van der Waals surface area (Å²) in [5, 5.41) is 6.68. The third kappa shape index (κ3) is 6.73. The van der Waals surface area contributed by atoms with Crippen LogP contribution in [0.15, 0.2) is 6.33 Å². The number of nitrogens with zero attached hydrogens (tertiary/aromatic N) is 2. The predicted molar refractivity (Wildman–Crippen MR) is 86.0 cm³/mol. The van der Waals surface area contributed by atoms with Crippen molar-refractivity contribution < 1.29 is 9.47 Å². The van der Waals surface area contributed by atoms with E-state index in [4.69, 9.17) is 9.47 Å². The Morgan fingerprint density at radius 3 is 2.48 bits per heavy atom. The number of methoxy groups -OCH3 is 1. The van der Waals surface area contributed by atoms with E-state index in [9.17, 15) is 0 Å². The molecule has 1 rings (SSSR count). The lowest BCUT2D eigenvalue weighted by molar-refractivity contribution is 0.0705. The van der Waals surface area contributed by atoms with Crippen LogP contribution in [0.4, 0.5) is 11.6 Å². The highest BCUT2D eigenvalue weighted by atomic mass is 16.5. The van der Waals surface area contributed by atoms with Crippen molar-refractivity contribution in [2.24, 2.45) is 0 Å². The Morgan fingerprint density at radius 2 is 1.81 bits per heavy atom. The molecule has 0 fully saturated rings. The van der Waals surface area contributed by atoms with Gasteiger partial charge in [0.05, 0.1) is 13.2 Å². The van der Waals surface area contributed by atoms with E-state index in [2.05, 4.69) is 34.4 Å². The summed E-state index contributed by atoms with van der Waals surface area (Å²) in [6.07, 6.45) is 4.58. The van der Waals surface area contributed by atoms with Crippen molar-refractivity contribution in [3.8, 4) is 0 Å². The summed E-state index contributed by atoms with van der Waals surface area (Å²) in [6.45, 7) is 7.96. The lowest BCUT2D eigenvalue weighted by Crippen LogP contribution is -2.13. The first-order chi connectivity index (χ1) is 10.3. The van der Waals surface area contributed by atoms with Crippen LogP contribution in [-0.4, -0.2) is 50.0 Å². The molecule has 21 heavy (non-hydrogen) atoms. The number of ether oxygens (including phenoxy) is 2. The van der Waals surface area contributed by atoms with Crippen LogP contribution in [-0.2, 0) is 15.9 Å². The van der Waals surface area contributed by atoms with Crippen molar-refractivity contribution in [1.82, 2.24) is 9.97 Å². The molecule has 0 spiro atoms. The number of anilines is 2. The normalized spacial score (nSPS) is 10.6. The Kier molecular flexibility index (Phi) is 9.48. The van der Waals surface area contributed by atoms with E-state index >= 15 is 0 Å². The summed E-state index contributed by atoms with van der Waals surface area (Å²) in [5.74, 6) is 1.87. The van der Waals surface area contributed by atoms with Gasteiger partial charge in [-0.05, 0) is 19.8 Å². The van der Waals surface area contributed by atoms with Crippen LogP contribution in [0.3, 0.4) is 0 Å². The summed E-state index contributed by atoms with van der Waals surface area (Å²) in [6, 6.07) is 0. The maximum atomic E-state index is 5.44. The van der Waals surface area contributed by atoms with E-state index in [1.165, 1.54) is 5.56 Å². The number of rotatable bonds is 12. The van der Waals surface area contributed by atoms with Gasteiger partial charge in [0.25, 0.3) is 0 Å². The molecule has 0 aliphatic heterocycles. The summed E-state index contributed by atoms with van der Waals surface area (Å²) >= 11 is 0. The molecule has 2 N–H and O–H groups in total. The fourth-order valence-electron chi connectivity index (χ4n) is 2.00. The Labute approximate surface area is 127 Å². The van der Waals surface area contributed by atoms with Crippen LogP contribution in [0, 0.1) is 0 Å². The zero-order chi connectivity index (χ0) is 15.3. The molecule has 0 bridgehead atoms. The molecular weight excluding hydrogens is 268 g/mol. The molecule has 120 valence electrons. The average Bonchev–Trinajstić information content (AvgIpc) is 2.49. The second-order valence-electron chi connectivity index (χ2n) is 4.72. The average molecular weight is 296 g/mol. The molecule has 0 saturated heterocycles. The number of hydrogen-bond donors (Lipinski definition) is 2. The van der Waals surface area contributed by atoms with E-state index in [-0.39, 0.29) is 0 Å². The maximum Gasteiger partial charge on any atom is 0.134 e. The van der Waals surface area contributed by atoms with Gasteiger partial charge in [0.2, 0.25) is 0 Å². The summed E-state index contributed by atoms with van der Waals surface area (Å²) < 4.78 is 10.4. The molecule has 0 saturated carbocycles. The molecule has 0 aliphatic rings. The second-order valence-corrected chi connectivity index (χ2v) is 4.72. The van der Waals surface area contributed by atoms with Crippen LogP contribution in [0.25, 0.3) is 0 Å². The van der Waals surface area contributed by atoms with Gasteiger partial charge >= 0.3 is 0 Å². The maximum absolute atomic E-state index is 5.44. The molecule has 1 aromatic heterocycles. The highest BCUT2D eigenvalue weighted by molar-refractivity contribution is 5.57. The number of nitrogens with one attached hydrogen (secondary N) is 2. The highest BCUT2D eigenvalue weighted by Crippen LogP contribution is 2.21. The molecule has 6 nitrogen and oxygen atoms in total. The van der Waals surface area contributed by atoms with Crippen LogP contribution >= 0.6 is 0 Å². The van der Waals surface area contributed by atoms with Crippen LogP contribution in [0.2, 0.25) is 0 Å². The fourth-order valence-corrected chi connectivity index (χ4v) is 2.00. The molecule has 6 heteroatoms. The van der Waals surface area contributed by atoms with Gasteiger partial charge < -0.3 is 20.1 Å². The van der Waals surface area contributed by atoms with Crippen molar-refractivity contribution in [1.29, 1.82) is 0 Å². The Hall–Kier alpha value is -1.40. The third-order valence-electron chi connectivity index (χ3n) is 2.98. The van der Waals surface area contributed by atoms with Crippen molar-refractivity contribution in [3.05, 3.63) is 11.9 Å². The summed E-state index contributed by atoms with van der Waals surface area (Å²) in [7, 11) is 1.68. The third-order valence-corrected chi connectivity index (χ3v) is 2.98. The van der Waals surface area contributed by atoms with Gasteiger partial charge in [-0.1, -0.05) is 13.3 Å². The molecule has 0 aromatic carbocycles. The topological polar surface area (TPSA) is 68.3 Å². The monoisotopic (exact) mass is 296 g/mol. The van der Waals surface area contributed by atoms with Gasteiger partial charge in [-0.2, -0.15) is 0 Å². The molecule has 1 heterocycles. The molecule has 0 atom stereocenters. The van der Waals surface area contributed by atoms with Crippen LogP contribution in [0.5, 0.6) is 0 Å². The second kappa shape index (κ2) is 11.3. The zero-order valence-electron chi connectivity index (χ0n) is 13.4. The highest BCUT2D eigenvalue weighted by Gasteiger charge is 2.09. The van der Waals surface area contributed by atoms with Gasteiger partial charge in [0.1, 0.15) is 18.0 Å². The Morgan fingerprint density at radius 1 is 1.05 bits per heavy atom. The van der Waals surface area contributed by atoms with Gasteiger partial charge in [-0.25, -0.2) is 9.97 Å². The van der Waals surface area contributed by atoms with Crippen LogP contribution < -0.4 is 10.6 Å². The molecule has 0 aliphatic carbocycles. The zero-order valence-corrected chi connectivity index (χ0v) is 13.4. The predicted octanol–water partition coefficient (Wildman–Crippen LogP) is 2.33. The number of aromatic nitrogens is 2. The van der Waals surface area contributed by atoms with Gasteiger partial charge in [-0.3, -0.25) is 0 Å². The van der Waals surface area contributed by atoms with Gasteiger partial charge in [0.15, 0.2) is 0 Å². The molecule has 1 aromatic rings.